The number of aliphatic hydroxyl groups excluding tert-OH is 1. The fourth-order valence-electron chi connectivity index (χ4n) is 3.59. The SMILES string of the molecule is COc1nc2ccc(C(O)c3cnnn3C)cc2c(Cl)c1Cc1ccc(C(C)(F)F)cc1. The highest BCUT2D eigenvalue weighted by Crippen LogP contribution is 2.36. The summed E-state index contributed by atoms with van der Waals surface area (Å²) in [5, 5.41) is 19.5. The van der Waals surface area contributed by atoms with E-state index in [4.69, 9.17) is 16.3 Å². The molecule has 0 saturated heterocycles. The number of ether oxygens (including phenoxy) is 1. The Morgan fingerprint density at radius 3 is 2.50 bits per heavy atom. The van der Waals surface area contributed by atoms with Crippen molar-refractivity contribution >= 4 is 22.5 Å². The lowest BCUT2D eigenvalue weighted by molar-refractivity contribution is 0.0174. The molecule has 0 aliphatic heterocycles. The molecule has 1 unspecified atom stereocenters. The first kappa shape index (κ1) is 22.1. The summed E-state index contributed by atoms with van der Waals surface area (Å²) in [5.74, 6) is -2.55. The molecular weight excluding hydrogens is 438 g/mol. The van der Waals surface area contributed by atoms with Crippen LogP contribution in [0.15, 0.2) is 48.7 Å². The van der Waals surface area contributed by atoms with E-state index in [2.05, 4.69) is 15.3 Å². The summed E-state index contributed by atoms with van der Waals surface area (Å²) in [7, 11) is 3.20. The second-order valence-corrected chi connectivity index (χ2v) is 8.02. The van der Waals surface area contributed by atoms with E-state index in [-0.39, 0.29) is 5.56 Å². The number of aryl methyl sites for hydroxylation is 1. The highest BCUT2D eigenvalue weighted by molar-refractivity contribution is 6.36. The van der Waals surface area contributed by atoms with Gasteiger partial charge >= 0.3 is 0 Å². The highest BCUT2D eigenvalue weighted by atomic mass is 35.5. The number of hydrogen-bond acceptors (Lipinski definition) is 5. The number of alkyl halides is 2. The van der Waals surface area contributed by atoms with E-state index in [1.54, 1.807) is 37.4 Å². The van der Waals surface area contributed by atoms with Crippen molar-refractivity contribution in [2.45, 2.75) is 25.4 Å². The molecule has 6 nitrogen and oxygen atoms in total. The lowest BCUT2D eigenvalue weighted by Gasteiger charge is -2.16. The number of aliphatic hydroxyl groups is 1. The zero-order valence-electron chi connectivity index (χ0n) is 17.7. The molecule has 0 aliphatic rings. The van der Waals surface area contributed by atoms with Crippen LogP contribution in [0.25, 0.3) is 10.9 Å². The number of rotatable bonds is 6. The normalized spacial score (nSPS) is 12.8. The maximum absolute atomic E-state index is 13.5. The predicted octanol–water partition coefficient (Wildman–Crippen LogP) is 4.81. The Labute approximate surface area is 188 Å². The van der Waals surface area contributed by atoms with Crippen LogP contribution in [0.4, 0.5) is 8.78 Å². The summed E-state index contributed by atoms with van der Waals surface area (Å²) in [6.45, 7) is 0.864. The maximum Gasteiger partial charge on any atom is 0.270 e. The molecule has 4 aromatic rings. The van der Waals surface area contributed by atoms with E-state index in [9.17, 15) is 13.9 Å². The fraction of sp³-hybridized carbons (Fsp3) is 0.261. The first-order valence-electron chi connectivity index (χ1n) is 9.85. The van der Waals surface area contributed by atoms with E-state index in [0.29, 0.717) is 45.0 Å². The molecule has 2 heterocycles. The van der Waals surface area contributed by atoms with Crippen molar-refractivity contribution in [2.24, 2.45) is 7.05 Å². The fourth-order valence-corrected chi connectivity index (χ4v) is 3.89. The van der Waals surface area contributed by atoms with Gasteiger partial charge in [0, 0.05) is 36.9 Å². The van der Waals surface area contributed by atoms with Crippen molar-refractivity contribution in [3.8, 4) is 5.88 Å². The Morgan fingerprint density at radius 2 is 1.91 bits per heavy atom. The van der Waals surface area contributed by atoms with Gasteiger partial charge in [-0.1, -0.05) is 47.1 Å². The molecule has 0 bridgehead atoms. The first-order chi connectivity index (χ1) is 15.2. The molecule has 2 aromatic heterocycles. The van der Waals surface area contributed by atoms with E-state index < -0.39 is 12.0 Å². The third kappa shape index (κ3) is 4.16. The van der Waals surface area contributed by atoms with Crippen LogP contribution in [0.1, 0.15) is 41.0 Å². The van der Waals surface area contributed by atoms with Gasteiger partial charge in [-0.05, 0) is 23.3 Å². The van der Waals surface area contributed by atoms with Crippen molar-refractivity contribution in [3.05, 3.63) is 81.6 Å². The molecule has 4 rings (SSSR count). The number of pyridine rings is 1. The van der Waals surface area contributed by atoms with Gasteiger partial charge in [0.05, 0.1) is 29.5 Å². The summed E-state index contributed by atoms with van der Waals surface area (Å²) in [4.78, 5) is 4.55. The van der Waals surface area contributed by atoms with E-state index in [1.165, 1.54) is 30.1 Å². The number of nitrogens with zero attached hydrogens (tertiary/aromatic N) is 4. The van der Waals surface area contributed by atoms with Crippen LogP contribution in [0.3, 0.4) is 0 Å². The Kier molecular flexibility index (Phi) is 5.83. The number of hydrogen-bond donors (Lipinski definition) is 1. The van der Waals surface area contributed by atoms with Gasteiger partial charge in [0.1, 0.15) is 6.10 Å². The van der Waals surface area contributed by atoms with Gasteiger partial charge in [0.2, 0.25) is 5.88 Å². The highest BCUT2D eigenvalue weighted by Gasteiger charge is 2.24. The van der Waals surface area contributed by atoms with E-state index in [0.717, 1.165) is 12.5 Å². The van der Waals surface area contributed by atoms with Gasteiger partial charge in [-0.3, -0.25) is 0 Å². The van der Waals surface area contributed by atoms with Crippen molar-refractivity contribution in [1.82, 2.24) is 20.0 Å². The molecular formula is C23H21ClF2N4O2. The minimum absolute atomic E-state index is 0.0563. The smallest absolute Gasteiger partial charge is 0.270 e. The average molecular weight is 459 g/mol. The molecule has 0 fully saturated rings. The van der Waals surface area contributed by atoms with Crippen molar-refractivity contribution in [2.75, 3.05) is 7.11 Å². The summed E-state index contributed by atoms with van der Waals surface area (Å²) in [6.07, 6.45) is 0.903. The standard InChI is InChI=1S/C23H21ClF2N4O2/c1-23(25,26)15-7-4-13(5-8-15)10-17-20(24)16-11-14(6-9-18(16)28-22(17)32-3)21(31)19-12-27-29-30(19)2/h4-9,11-12,21,31H,10H2,1-3H3. The molecule has 0 aliphatic carbocycles. The molecule has 0 spiro atoms. The molecule has 0 radical (unpaired) electrons. The van der Waals surface area contributed by atoms with Crippen LogP contribution < -0.4 is 4.74 Å². The Bertz CT molecular complexity index is 1270. The van der Waals surface area contributed by atoms with E-state index >= 15 is 0 Å². The number of fused-ring (bicyclic) bond motifs is 1. The first-order valence-corrected chi connectivity index (χ1v) is 10.2. The van der Waals surface area contributed by atoms with Crippen LogP contribution >= 0.6 is 11.6 Å². The van der Waals surface area contributed by atoms with Crippen LogP contribution in [0.5, 0.6) is 5.88 Å². The molecule has 9 heteroatoms. The van der Waals surface area contributed by atoms with Crippen molar-refractivity contribution in [3.63, 3.8) is 0 Å². The minimum atomic E-state index is -2.90. The van der Waals surface area contributed by atoms with Gasteiger partial charge < -0.3 is 9.84 Å². The van der Waals surface area contributed by atoms with Gasteiger partial charge in [0.25, 0.3) is 5.92 Å². The zero-order chi connectivity index (χ0) is 23.0. The Hall–Kier alpha value is -3.10. The second-order valence-electron chi connectivity index (χ2n) is 7.64. The summed E-state index contributed by atoms with van der Waals surface area (Å²) in [5.41, 5.74) is 3.12. The molecule has 166 valence electrons. The Balaban J connectivity index is 1.75. The third-order valence-electron chi connectivity index (χ3n) is 5.38. The maximum atomic E-state index is 13.5. The van der Waals surface area contributed by atoms with Gasteiger partial charge in [-0.2, -0.15) is 0 Å². The van der Waals surface area contributed by atoms with Gasteiger partial charge in [-0.25, -0.2) is 18.4 Å². The number of aromatic nitrogens is 4. The van der Waals surface area contributed by atoms with Crippen LogP contribution in [0.2, 0.25) is 5.02 Å². The molecule has 0 saturated carbocycles. The minimum Gasteiger partial charge on any atom is -0.481 e. The lowest BCUT2D eigenvalue weighted by atomic mass is 9.99. The third-order valence-corrected chi connectivity index (χ3v) is 5.81. The van der Waals surface area contributed by atoms with E-state index in [1.807, 2.05) is 0 Å². The number of methoxy groups -OCH3 is 1. The molecule has 2 aromatic carbocycles. The van der Waals surface area contributed by atoms with Crippen LogP contribution in [0, 0.1) is 0 Å². The van der Waals surface area contributed by atoms with Crippen LogP contribution in [-0.2, 0) is 19.4 Å². The topological polar surface area (TPSA) is 73.1 Å². The quantitative estimate of drug-likeness (QED) is 0.449. The molecule has 0 amide bonds. The summed E-state index contributed by atoms with van der Waals surface area (Å²) < 4.78 is 34.0. The van der Waals surface area contributed by atoms with Crippen molar-refractivity contribution < 1.29 is 18.6 Å². The van der Waals surface area contributed by atoms with Crippen LogP contribution in [-0.4, -0.2) is 32.2 Å². The Morgan fingerprint density at radius 1 is 1.19 bits per heavy atom. The molecule has 1 N–H and O–H groups in total. The number of halogens is 3. The molecule has 32 heavy (non-hydrogen) atoms. The monoisotopic (exact) mass is 458 g/mol. The predicted molar refractivity (Wildman–Crippen MR) is 117 cm³/mol. The number of benzene rings is 2. The largest absolute Gasteiger partial charge is 0.481 e. The lowest BCUT2D eigenvalue weighted by Crippen LogP contribution is -2.07. The second kappa shape index (κ2) is 8.44. The average Bonchev–Trinajstić information content (AvgIpc) is 3.20. The van der Waals surface area contributed by atoms with Crippen molar-refractivity contribution in [1.29, 1.82) is 0 Å². The summed E-state index contributed by atoms with van der Waals surface area (Å²) >= 11 is 6.76. The van der Waals surface area contributed by atoms with Gasteiger partial charge in [0.15, 0.2) is 0 Å². The summed E-state index contributed by atoms with van der Waals surface area (Å²) in [6, 6.07) is 11.4. The zero-order valence-corrected chi connectivity index (χ0v) is 18.4. The molecule has 1 atom stereocenters. The van der Waals surface area contributed by atoms with Gasteiger partial charge in [-0.15, -0.1) is 5.10 Å².